The molecule has 1 aromatic rings. The van der Waals surface area contributed by atoms with Crippen LogP contribution < -0.4 is 9.80 Å². The lowest BCUT2D eigenvalue weighted by molar-refractivity contribution is -0.122. The Labute approximate surface area is 111 Å². The molecule has 98 valence electrons. The monoisotopic (exact) mass is 270 g/mol. The van der Waals surface area contributed by atoms with Crippen LogP contribution in [0.4, 0.5) is 11.5 Å². The minimum atomic E-state index is -0.418. The maximum Gasteiger partial charge on any atom is 0.252 e. The van der Waals surface area contributed by atoms with E-state index in [4.69, 9.17) is 16.3 Å². The molecule has 2 rings (SSSR count). The Hall–Kier alpha value is -1.40. The van der Waals surface area contributed by atoms with E-state index >= 15 is 0 Å². The lowest BCUT2D eigenvalue weighted by Crippen LogP contribution is -2.56. The third kappa shape index (κ3) is 1.91. The second-order valence-electron chi connectivity index (χ2n) is 4.24. The van der Waals surface area contributed by atoms with E-state index < -0.39 is 6.04 Å². The second-order valence-corrected chi connectivity index (χ2v) is 4.58. The molecule has 6 nitrogen and oxygen atoms in total. The predicted octanol–water partition coefficient (Wildman–Crippen LogP) is 0.946. The van der Waals surface area contributed by atoms with Crippen LogP contribution in [0.1, 0.15) is 6.92 Å². The highest BCUT2D eigenvalue weighted by molar-refractivity contribution is 6.28. The number of likely N-dealkylation sites (N-methyl/N-ethyl adjacent to an activating group) is 2. The zero-order valence-electron chi connectivity index (χ0n) is 10.7. The van der Waals surface area contributed by atoms with Gasteiger partial charge >= 0.3 is 0 Å². The van der Waals surface area contributed by atoms with Crippen LogP contribution in [0.25, 0.3) is 0 Å². The molecule has 2 heterocycles. The smallest absolute Gasteiger partial charge is 0.252 e. The fraction of sp³-hybridized carbons (Fsp3) is 0.545. The molecule has 0 N–H and O–H groups in total. The normalized spacial score (nSPS) is 20.9. The van der Waals surface area contributed by atoms with Gasteiger partial charge in [0.1, 0.15) is 11.7 Å². The van der Waals surface area contributed by atoms with Gasteiger partial charge in [0.25, 0.3) is 5.91 Å². The summed E-state index contributed by atoms with van der Waals surface area (Å²) in [5.41, 5.74) is 0.645. The summed E-state index contributed by atoms with van der Waals surface area (Å²) < 4.78 is 5.26. The van der Waals surface area contributed by atoms with Crippen molar-refractivity contribution in [2.45, 2.75) is 19.1 Å². The molecular formula is C11H15ClN4O2. The number of nitrogens with zero attached hydrogens (tertiary/aromatic N) is 4. The topological polar surface area (TPSA) is 58.6 Å². The summed E-state index contributed by atoms with van der Waals surface area (Å²) in [6.45, 7) is 1.85. The first-order valence-corrected chi connectivity index (χ1v) is 5.91. The van der Waals surface area contributed by atoms with Gasteiger partial charge in [0.2, 0.25) is 5.28 Å². The standard InChI is InChI=1S/C11H15ClN4O2/c1-6(18-4)8-10(17)15(2)7-5-13-11(12)14-9(7)16(8)3/h5-6,8H,1-4H3/t6-,8?/m1/s1. The van der Waals surface area contributed by atoms with Crippen molar-refractivity contribution in [3.05, 3.63) is 11.5 Å². The number of carbonyl (C=O) groups excluding carboxylic acids is 1. The second kappa shape index (κ2) is 4.70. The van der Waals surface area contributed by atoms with E-state index in [0.29, 0.717) is 11.5 Å². The van der Waals surface area contributed by atoms with E-state index in [1.807, 2.05) is 6.92 Å². The summed E-state index contributed by atoms with van der Waals surface area (Å²) in [5.74, 6) is 0.580. The van der Waals surface area contributed by atoms with Gasteiger partial charge in [-0.05, 0) is 18.5 Å². The van der Waals surface area contributed by atoms with E-state index in [2.05, 4.69) is 9.97 Å². The van der Waals surface area contributed by atoms with E-state index in [1.54, 1.807) is 32.3 Å². The quantitative estimate of drug-likeness (QED) is 0.749. The van der Waals surface area contributed by atoms with Crippen LogP contribution in [-0.2, 0) is 9.53 Å². The molecule has 0 fully saturated rings. The number of ether oxygens (including phenoxy) is 1. The number of anilines is 2. The number of hydrogen-bond acceptors (Lipinski definition) is 5. The first-order chi connectivity index (χ1) is 8.47. The van der Waals surface area contributed by atoms with Crippen molar-refractivity contribution in [2.24, 2.45) is 0 Å². The molecule has 1 unspecified atom stereocenters. The van der Waals surface area contributed by atoms with Gasteiger partial charge in [0, 0.05) is 21.2 Å². The molecule has 0 radical (unpaired) electrons. The Morgan fingerprint density at radius 3 is 2.78 bits per heavy atom. The van der Waals surface area contributed by atoms with Gasteiger partial charge in [0.15, 0.2) is 5.82 Å². The molecule has 0 saturated heterocycles. The van der Waals surface area contributed by atoms with Gasteiger partial charge in [-0.2, -0.15) is 4.98 Å². The molecule has 1 aromatic heterocycles. The molecule has 1 aliphatic rings. The molecule has 7 heteroatoms. The molecule has 0 spiro atoms. The highest BCUT2D eigenvalue weighted by Gasteiger charge is 2.39. The minimum absolute atomic E-state index is 0.0507. The summed E-state index contributed by atoms with van der Waals surface area (Å²) >= 11 is 5.80. The fourth-order valence-electron chi connectivity index (χ4n) is 2.10. The number of fused-ring (bicyclic) bond motifs is 1. The molecule has 2 atom stereocenters. The van der Waals surface area contributed by atoms with Crippen molar-refractivity contribution >= 4 is 29.0 Å². The van der Waals surface area contributed by atoms with Crippen LogP contribution in [0.3, 0.4) is 0 Å². The average molecular weight is 271 g/mol. The summed E-state index contributed by atoms with van der Waals surface area (Å²) in [7, 11) is 5.07. The molecule has 1 amide bonds. The summed E-state index contributed by atoms with van der Waals surface area (Å²) in [5, 5.41) is 0.159. The summed E-state index contributed by atoms with van der Waals surface area (Å²) in [6.07, 6.45) is 1.30. The Kier molecular flexibility index (Phi) is 3.41. The van der Waals surface area contributed by atoms with Crippen LogP contribution in [0, 0.1) is 0 Å². The highest BCUT2D eigenvalue weighted by atomic mass is 35.5. The molecule has 0 aromatic carbocycles. The summed E-state index contributed by atoms with van der Waals surface area (Å²) in [6, 6.07) is -0.418. The zero-order chi connectivity index (χ0) is 13.4. The molecule has 0 aliphatic carbocycles. The fourth-order valence-corrected chi connectivity index (χ4v) is 2.23. The van der Waals surface area contributed by atoms with E-state index in [1.165, 1.54) is 4.90 Å². The molecule has 18 heavy (non-hydrogen) atoms. The summed E-state index contributed by atoms with van der Waals surface area (Å²) in [4.78, 5) is 23.7. The molecule has 0 bridgehead atoms. The van der Waals surface area contributed by atoms with Gasteiger partial charge in [-0.15, -0.1) is 0 Å². The SMILES string of the molecule is CO[C@H](C)C1C(=O)N(C)c2cnc(Cl)nc2N1C. The van der Waals surface area contributed by atoms with Crippen LogP contribution in [-0.4, -0.2) is 49.2 Å². The van der Waals surface area contributed by atoms with E-state index in [9.17, 15) is 4.79 Å². The number of carbonyl (C=O) groups is 1. The van der Waals surface area contributed by atoms with Gasteiger partial charge in [0.05, 0.1) is 12.3 Å². The minimum Gasteiger partial charge on any atom is -0.379 e. The van der Waals surface area contributed by atoms with Crippen LogP contribution in [0.15, 0.2) is 6.20 Å². The average Bonchev–Trinajstić information content (AvgIpc) is 2.36. The highest BCUT2D eigenvalue weighted by Crippen LogP contribution is 2.33. The number of aromatic nitrogens is 2. The van der Waals surface area contributed by atoms with Gasteiger partial charge in [-0.3, -0.25) is 4.79 Å². The van der Waals surface area contributed by atoms with Crippen LogP contribution in [0.2, 0.25) is 5.28 Å². The van der Waals surface area contributed by atoms with E-state index in [0.717, 1.165) is 0 Å². The number of amides is 1. The third-order valence-electron chi connectivity index (χ3n) is 3.23. The number of hydrogen-bond donors (Lipinski definition) is 0. The van der Waals surface area contributed by atoms with Gasteiger partial charge < -0.3 is 14.5 Å². The maximum atomic E-state index is 12.3. The molecule has 0 saturated carbocycles. The van der Waals surface area contributed by atoms with Crippen molar-refractivity contribution in [3.8, 4) is 0 Å². The number of rotatable bonds is 2. The van der Waals surface area contributed by atoms with Crippen LogP contribution in [0.5, 0.6) is 0 Å². The zero-order valence-corrected chi connectivity index (χ0v) is 11.5. The Bertz CT molecular complexity index is 482. The largest absolute Gasteiger partial charge is 0.379 e. The van der Waals surface area contributed by atoms with Crippen LogP contribution >= 0.6 is 11.6 Å². The third-order valence-corrected chi connectivity index (χ3v) is 3.42. The predicted molar refractivity (Wildman–Crippen MR) is 69.1 cm³/mol. The van der Waals surface area contributed by atoms with Crippen molar-refractivity contribution in [3.63, 3.8) is 0 Å². The first kappa shape index (κ1) is 13.0. The lowest BCUT2D eigenvalue weighted by Gasteiger charge is -2.40. The lowest BCUT2D eigenvalue weighted by atomic mass is 10.1. The first-order valence-electron chi connectivity index (χ1n) is 5.53. The van der Waals surface area contributed by atoms with Crippen molar-refractivity contribution in [1.29, 1.82) is 0 Å². The van der Waals surface area contributed by atoms with E-state index in [-0.39, 0.29) is 17.3 Å². The van der Waals surface area contributed by atoms with Crippen molar-refractivity contribution in [2.75, 3.05) is 31.0 Å². The maximum absolute atomic E-state index is 12.3. The number of methoxy groups -OCH3 is 1. The number of halogens is 1. The Balaban J connectivity index is 2.50. The Morgan fingerprint density at radius 1 is 1.50 bits per heavy atom. The van der Waals surface area contributed by atoms with Crippen molar-refractivity contribution in [1.82, 2.24) is 9.97 Å². The Morgan fingerprint density at radius 2 is 2.17 bits per heavy atom. The molecular weight excluding hydrogens is 256 g/mol. The molecule has 1 aliphatic heterocycles. The van der Waals surface area contributed by atoms with Gasteiger partial charge in [-0.25, -0.2) is 4.98 Å². The van der Waals surface area contributed by atoms with Gasteiger partial charge in [-0.1, -0.05) is 0 Å². The van der Waals surface area contributed by atoms with Crippen molar-refractivity contribution < 1.29 is 9.53 Å².